The van der Waals surface area contributed by atoms with Gasteiger partial charge < -0.3 is 5.32 Å². The minimum absolute atomic E-state index is 0.00839. The molecule has 0 aliphatic rings. The van der Waals surface area contributed by atoms with Crippen LogP contribution in [0, 0.1) is 0 Å². The molecule has 0 saturated heterocycles. The number of amides is 1. The third kappa shape index (κ3) is 7.24. The second-order valence-electron chi connectivity index (χ2n) is 2.13. The van der Waals surface area contributed by atoms with Crippen LogP contribution in [0.4, 0.5) is 0 Å². The molecule has 0 aliphatic heterocycles. The molecule has 0 aromatic heterocycles. The minimum atomic E-state index is -0.00839. The van der Waals surface area contributed by atoms with Crippen LogP contribution in [-0.2, 0) is 4.79 Å². The first-order valence-corrected chi connectivity index (χ1v) is 4.33. The highest BCUT2D eigenvalue weighted by atomic mass is 32.1. The van der Waals surface area contributed by atoms with Gasteiger partial charge in [0.1, 0.15) is 0 Å². The van der Waals surface area contributed by atoms with Gasteiger partial charge in [-0.3, -0.25) is 4.79 Å². The fourth-order valence-electron chi connectivity index (χ4n) is 0.612. The van der Waals surface area contributed by atoms with Crippen LogP contribution in [0.25, 0.3) is 10.4 Å². The number of azide groups is 1. The SMILES string of the molecule is [N-]=[N+]=NCCCNC(=O)CCS. The minimum Gasteiger partial charge on any atom is -0.356 e. The van der Waals surface area contributed by atoms with E-state index in [0.717, 1.165) is 0 Å². The topological polar surface area (TPSA) is 77.9 Å². The zero-order valence-corrected chi connectivity index (χ0v) is 7.63. The van der Waals surface area contributed by atoms with E-state index in [0.29, 0.717) is 31.7 Å². The first kappa shape index (κ1) is 11.1. The first-order chi connectivity index (χ1) is 5.81. The van der Waals surface area contributed by atoms with Gasteiger partial charge in [-0.1, -0.05) is 5.11 Å². The molecule has 0 atom stereocenters. The Morgan fingerprint density at radius 1 is 1.67 bits per heavy atom. The third-order valence-corrected chi connectivity index (χ3v) is 1.38. The van der Waals surface area contributed by atoms with Crippen molar-refractivity contribution in [2.75, 3.05) is 18.8 Å². The van der Waals surface area contributed by atoms with Crippen LogP contribution in [0.15, 0.2) is 5.11 Å². The Kier molecular flexibility index (Phi) is 7.63. The van der Waals surface area contributed by atoms with Crippen molar-refractivity contribution >= 4 is 18.5 Å². The number of thiol groups is 1. The summed E-state index contributed by atoms with van der Waals surface area (Å²) in [5, 5.41) is 6.00. The van der Waals surface area contributed by atoms with Crippen LogP contribution in [0.3, 0.4) is 0 Å². The highest BCUT2D eigenvalue weighted by Gasteiger charge is 1.96. The number of carbonyl (C=O) groups excluding carboxylic acids is 1. The van der Waals surface area contributed by atoms with E-state index in [1.807, 2.05) is 0 Å². The average molecular weight is 188 g/mol. The van der Waals surface area contributed by atoms with Crippen LogP contribution in [0.1, 0.15) is 12.8 Å². The normalized spacial score (nSPS) is 8.75. The fourth-order valence-corrected chi connectivity index (χ4v) is 0.815. The Labute approximate surface area is 76.6 Å². The Morgan fingerprint density at radius 3 is 3.00 bits per heavy atom. The van der Waals surface area contributed by atoms with Crippen LogP contribution >= 0.6 is 12.6 Å². The summed E-state index contributed by atoms with van der Waals surface area (Å²) in [7, 11) is 0. The lowest BCUT2D eigenvalue weighted by Crippen LogP contribution is -2.24. The Hall–Kier alpha value is -0.870. The molecule has 0 aliphatic carbocycles. The number of nitrogens with one attached hydrogen (secondary N) is 1. The summed E-state index contributed by atoms with van der Waals surface area (Å²) in [6.07, 6.45) is 1.12. The summed E-state index contributed by atoms with van der Waals surface area (Å²) in [6.45, 7) is 0.989. The van der Waals surface area contributed by atoms with E-state index in [1.54, 1.807) is 0 Å². The van der Waals surface area contributed by atoms with E-state index in [1.165, 1.54) is 0 Å². The molecule has 0 fully saturated rings. The zero-order valence-electron chi connectivity index (χ0n) is 6.73. The first-order valence-electron chi connectivity index (χ1n) is 3.69. The molecule has 0 unspecified atom stereocenters. The number of rotatable bonds is 6. The predicted molar refractivity (Wildman–Crippen MR) is 50.1 cm³/mol. The second kappa shape index (κ2) is 8.23. The molecular formula is C6H12N4OS. The second-order valence-corrected chi connectivity index (χ2v) is 2.58. The number of hydrogen-bond acceptors (Lipinski definition) is 3. The summed E-state index contributed by atoms with van der Waals surface area (Å²) in [6, 6.07) is 0. The predicted octanol–water partition coefficient (Wildman–Crippen LogP) is 1.12. The van der Waals surface area contributed by atoms with Gasteiger partial charge in [-0.15, -0.1) is 0 Å². The highest BCUT2D eigenvalue weighted by Crippen LogP contribution is 1.84. The van der Waals surface area contributed by atoms with Gasteiger partial charge >= 0.3 is 0 Å². The van der Waals surface area contributed by atoms with Crippen molar-refractivity contribution in [3.8, 4) is 0 Å². The summed E-state index contributed by atoms with van der Waals surface area (Å²) < 4.78 is 0. The molecule has 0 radical (unpaired) electrons. The molecule has 0 aromatic carbocycles. The zero-order chi connectivity index (χ0) is 9.23. The van der Waals surface area contributed by atoms with Gasteiger partial charge in [0.15, 0.2) is 0 Å². The Morgan fingerprint density at radius 2 is 2.42 bits per heavy atom. The van der Waals surface area contributed by atoms with E-state index in [2.05, 4.69) is 28.0 Å². The molecule has 68 valence electrons. The van der Waals surface area contributed by atoms with Gasteiger partial charge in [-0.2, -0.15) is 12.6 Å². The number of nitrogens with zero attached hydrogens (tertiary/aromatic N) is 3. The van der Waals surface area contributed by atoms with Gasteiger partial charge in [-0.25, -0.2) is 0 Å². The van der Waals surface area contributed by atoms with Crippen molar-refractivity contribution < 1.29 is 4.79 Å². The van der Waals surface area contributed by atoms with Crippen LogP contribution in [0.5, 0.6) is 0 Å². The summed E-state index contributed by atoms with van der Waals surface area (Å²) in [5.41, 5.74) is 7.92. The molecule has 1 N–H and O–H groups in total. The lowest BCUT2D eigenvalue weighted by Gasteiger charge is -2.00. The van der Waals surface area contributed by atoms with E-state index in [4.69, 9.17) is 5.53 Å². The number of hydrogen-bond donors (Lipinski definition) is 2. The fraction of sp³-hybridized carbons (Fsp3) is 0.833. The molecule has 12 heavy (non-hydrogen) atoms. The molecular weight excluding hydrogens is 176 g/mol. The Bertz CT molecular complexity index is 178. The molecule has 1 amide bonds. The maximum Gasteiger partial charge on any atom is 0.220 e. The maximum absolute atomic E-state index is 10.8. The maximum atomic E-state index is 10.8. The molecule has 5 nitrogen and oxygen atoms in total. The highest BCUT2D eigenvalue weighted by molar-refractivity contribution is 7.80. The Balaban J connectivity index is 3.19. The lowest BCUT2D eigenvalue weighted by atomic mass is 10.4. The molecule has 0 saturated carbocycles. The summed E-state index contributed by atoms with van der Waals surface area (Å²) in [4.78, 5) is 13.4. The lowest BCUT2D eigenvalue weighted by molar-refractivity contribution is -0.120. The molecule has 6 heteroatoms. The molecule has 0 bridgehead atoms. The standard InChI is InChI=1S/C6H12N4OS/c7-10-9-4-1-3-8-6(11)2-5-12/h12H,1-5H2,(H,8,11). The van der Waals surface area contributed by atoms with Crippen molar-refractivity contribution in [1.82, 2.24) is 5.32 Å². The summed E-state index contributed by atoms with van der Waals surface area (Å²) in [5.74, 6) is 0.549. The van der Waals surface area contributed by atoms with Gasteiger partial charge in [0, 0.05) is 24.4 Å². The quantitative estimate of drug-likeness (QED) is 0.212. The van der Waals surface area contributed by atoms with Crippen molar-refractivity contribution in [3.63, 3.8) is 0 Å². The van der Waals surface area contributed by atoms with Gasteiger partial charge in [0.25, 0.3) is 0 Å². The van der Waals surface area contributed by atoms with Crippen LogP contribution < -0.4 is 5.32 Å². The largest absolute Gasteiger partial charge is 0.356 e. The molecule has 0 heterocycles. The average Bonchev–Trinajstić information content (AvgIpc) is 2.05. The molecule has 0 aromatic rings. The van der Waals surface area contributed by atoms with E-state index >= 15 is 0 Å². The van der Waals surface area contributed by atoms with Crippen molar-refractivity contribution in [2.24, 2.45) is 5.11 Å². The monoisotopic (exact) mass is 188 g/mol. The summed E-state index contributed by atoms with van der Waals surface area (Å²) >= 11 is 3.91. The van der Waals surface area contributed by atoms with Crippen molar-refractivity contribution in [2.45, 2.75) is 12.8 Å². The van der Waals surface area contributed by atoms with Gasteiger partial charge in [0.2, 0.25) is 5.91 Å². The van der Waals surface area contributed by atoms with Crippen LogP contribution in [-0.4, -0.2) is 24.7 Å². The van der Waals surface area contributed by atoms with E-state index in [-0.39, 0.29) is 5.91 Å². The van der Waals surface area contributed by atoms with Gasteiger partial charge in [-0.05, 0) is 17.7 Å². The van der Waals surface area contributed by atoms with E-state index < -0.39 is 0 Å². The third-order valence-electron chi connectivity index (χ3n) is 1.16. The van der Waals surface area contributed by atoms with Crippen LogP contribution in [0.2, 0.25) is 0 Å². The molecule has 0 spiro atoms. The smallest absolute Gasteiger partial charge is 0.220 e. The number of carbonyl (C=O) groups is 1. The van der Waals surface area contributed by atoms with E-state index in [9.17, 15) is 4.79 Å². The van der Waals surface area contributed by atoms with Crippen molar-refractivity contribution in [1.29, 1.82) is 0 Å². The molecule has 0 rings (SSSR count). The van der Waals surface area contributed by atoms with Gasteiger partial charge in [0.05, 0.1) is 0 Å². The van der Waals surface area contributed by atoms with Crippen molar-refractivity contribution in [3.05, 3.63) is 10.4 Å².